The second-order valence-electron chi connectivity index (χ2n) is 4.91. The standard InChI is InChI=1S/C13H22N2O5/c1-3-20-13(18)8(2)6-10(11(14)16)15-12(17)9-4-5-19-7-9/h8-10H,3-7H2,1-2H3,(H2,14,16)(H,15,17)/t8-,9-,10+/m1/s1. The Balaban J connectivity index is 2.53. The molecule has 7 nitrogen and oxygen atoms in total. The van der Waals surface area contributed by atoms with Crippen LogP contribution in [0.3, 0.4) is 0 Å². The van der Waals surface area contributed by atoms with E-state index < -0.39 is 23.8 Å². The molecule has 1 aliphatic heterocycles. The summed E-state index contributed by atoms with van der Waals surface area (Å²) in [5.41, 5.74) is 5.27. The molecule has 1 aliphatic rings. The first-order valence-electron chi connectivity index (χ1n) is 6.79. The maximum Gasteiger partial charge on any atom is 0.308 e. The topological polar surface area (TPSA) is 108 Å². The van der Waals surface area contributed by atoms with Crippen LogP contribution in [0.5, 0.6) is 0 Å². The number of carbonyl (C=O) groups is 3. The van der Waals surface area contributed by atoms with Crippen molar-refractivity contribution in [2.45, 2.75) is 32.7 Å². The number of ether oxygens (including phenoxy) is 2. The number of hydrogen-bond donors (Lipinski definition) is 2. The van der Waals surface area contributed by atoms with Gasteiger partial charge in [0.1, 0.15) is 6.04 Å². The van der Waals surface area contributed by atoms with Gasteiger partial charge in [0.25, 0.3) is 0 Å². The van der Waals surface area contributed by atoms with Gasteiger partial charge in [-0.15, -0.1) is 0 Å². The lowest BCUT2D eigenvalue weighted by Gasteiger charge is -2.20. The van der Waals surface area contributed by atoms with Crippen molar-refractivity contribution < 1.29 is 23.9 Å². The maximum absolute atomic E-state index is 11.9. The summed E-state index contributed by atoms with van der Waals surface area (Å²) in [7, 11) is 0. The molecular formula is C13H22N2O5. The van der Waals surface area contributed by atoms with E-state index in [4.69, 9.17) is 15.2 Å². The number of nitrogens with two attached hydrogens (primary N) is 1. The first-order chi connectivity index (χ1) is 9.45. The lowest BCUT2D eigenvalue weighted by molar-refractivity contribution is -0.148. The molecule has 1 saturated heterocycles. The molecule has 0 radical (unpaired) electrons. The van der Waals surface area contributed by atoms with Crippen molar-refractivity contribution >= 4 is 17.8 Å². The third kappa shape index (κ3) is 4.80. The van der Waals surface area contributed by atoms with Gasteiger partial charge in [-0.05, 0) is 19.8 Å². The fraction of sp³-hybridized carbons (Fsp3) is 0.769. The van der Waals surface area contributed by atoms with Crippen LogP contribution in [0.4, 0.5) is 0 Å². The van der Waals surface area contributed by atoms with Crippen molar-refractivity contribution in [1.82, 2.24) is 5.32 Å². The number of carbonyl (C=O) groups excluding carboxylic acids is 3. The molecule has 20 heavy (non-hydrogen) atoms. The minimum Gasteiger partial charge on any atom is -0.466 e. The predicted octanol–water partition coefficient (Wildman–Crippen LogP) is -0.418. The Hall–Kier alpha value is -1.63. The molecule has 0 unspecified atom stereocenters. The molecule has 0 aromatic carbocycles. The molecule has 1 fully saturated rings. The Morgan fingerprint density at radius 2 is 2.15 bits per heavy atom. The molecule has 3 N–H and O–H groups in total. The fourth-order valence-electron chi connectivity index (χ4n) is 2.01. The number of esters is 1. The van der Waals surface area contributed by atoms with Crippen molar-refractivity contribution in [3.63, 3.8) is 0 Å². The van der Waals surface area contributed by atoms with E-state index >= 15 is 0 Å². The van der Waals surface area contributed by atoms with Gasteiger partial charge in [0.2, 0.25) is 11.8 Å². The number of rotatable bonds is 7. The van der Waals surface area contributed by atoms with Crippen molar-refractivity contribution in [3.8, 4) is 0 Å². The van der Waals surface area contributed by atoms with E-state index in [0.717, 1.165) is 0 Å². The van der Waals surface area contributed by atoms with Gasteiger partial charge >= 0.3 is 5.97 Å². The van der Waals surface area contributed by atoms with Crippen molar-refractivity contribution in [3.05, 3.63) is 0 Å². The summed E-state index contributed by atoms with van der Waals surface area (Å²) in [4.78, 5) is 34.8. The normalized spacial score (nSPS) is 21.0. The molecule has 0 saturated carbocycles. The molecule has 3 atom stereocenters. The van der Waals surface area contributed by atoms with Crippen LogP contribution in [-0.4, -0.2) is 43.6 Å². The van der Waals surface area contributed by atoms with Crippen molar-refractivity contribution in [2.75, 3.05) is 19.8 Å². The summed E-state index contributed by atoms with van der Waals surface area (Å²) in [6, 6.07) is -0.873. The first-order valence-corrected chi connectivity index (χ1v) is 6.79. The zero-order chi connectivity index (χ0) is 15.1. The molecule has 0 spiro atoms. The number of nitrogens with one attached hydrogen (secondary N) is 1. The zero-order valence-electron chi connectivity index (χ0n) is 11.9. The quantitative estimate of drug-likeness (QED) is 0.618. The Labute approximate surface area is 118 Å². The minimum atomic E-state index is -0.873. The van der Waals surface area contributed by atoms with Crippen LogP contribution in [0, 0.1) is 11.8 Å². The SMILES string of the molecule is CCOC(=O)[C@H](C)C[C@H](NC(=O)[C@@H]1CCOC1)C(N)=O. The minimum absolute atomic E-state index is 0.132. The third-order valence-electron chi connectivity index (χ3n) is 3.24. The smallest absolute Gasteiger partial charge is 0.308 e. The second-order valence-corrected chi connectivity index (χ2v) is 4.91. The van der Waals surface area contributed by atoms with Crippen LogP contribution in [0.25, 0.3) is 0 Å². The molecule has 114 valence electrons. The highest BCUT2D eigenvalue weighted by molar-refractivity contribution is 5.88. The van der Waals surface area contributed by atoms with E-state index in [2.05, 4.69) is 5.32 Å². The van der Waals surface area contributed by atoms with Gasteiger partial charge in [-0.25, -0.2) is 0 Å². The van der Waals surface area contributed by atoms with Crippen LogP contribution >= 0.6 is 0 Å². The summed E-state index contributed by atoms with van der Waals surface area (Å²) in [5, 5.41) is 2.59. The highest BCUT2D eigenvalue weighted by Gasteiger charge is 2.29. The molecule has 1 rings (SSSR count). The van der Waals surface area contributed by atoms with Crippen LogP contribution in [0.1, 0.15) is 26.7 Å². The van der Waals surface area contributed by atoms with Crippen LogP contribution in [-0.2, 0) is 23.9 Å². The van der Waals surface area contributed by atoms with Gasteiger partial charge in [0.05, 0.1) is 25.0 Å². The van der Waals surface area contributed by atoms with Gasteiger partial charge in [-0.2, -0.15) is 0 Å². The van der Waals surface area contributed by atoms with Gasteiger partial charge in [0, 0.05) is 6.61 Å². The molecule has 0 bridgehead atoms. The molecule has 7 heteroatoms. The maximum atomic E-state index is 11.9. The van der Waals surface area contributed by atoms with E-state index in [0.29, 0.717) is 19.6 Å². The van der Waals surface area contributed by atoms with Crippen LogP contribution in [0.2, 0.25) is 0 Å². The fourth-order valence-corrected chi connectivity index (χ4v) is 2.01. The van der Waals surface area contributed by atoms with Crippen molar-refractivity contribution in [2.24, 2.45) is 17.6 Å². The lowest BCUT2D eigenvalue weighted by Crippen LogP contribution is -2.48. The Morgan fingerprint density at radius 1 is 1.45 bits per heavy atom. The van der Waals surface area contributed by atoms with Gasteiger partial charge in [-0.1, -0.05) is 6.92 Å². The molecule has 0 aliphatic carbocycles. The monoisotopic (exact) mass is 286 g/mol. The molecule has 1 heterocycles. The largest absolute Gasteiger partial charge is 0.466 e. The van der Waals surface area contributed by atoms with E-state index in [-0.39, 0.29) is 24.9 Å². The van der Waals surface area contributed by atoms with Gasteiger partial charge < -0.3 is 20.5 Å². The average molecular weight is 286 g/mol. The molecule has 0 aromatic rings. The highest BCUT2D eigenvalue weighted by atomic mass is 16.5. The van der Waals surface area contributed by atoms with E-state index in [1.165, 1.54) is 0 Å². The predicted molar refractivity (Wildman–Crippen MR) is 70.5 cm³/mol. The number of hydrogen-bond acceptors (Lipinski definition) is 5. The number of primary amides is 1. The molecule has 0 aromatic heterocycles. The zero-order valence-corrected chi connectivity index (χ0v) is 11.9. The van der Waals surface area contributed by atoms with E-state index in [1.807, 2.05) is 0 Å². The van der Waals surface area contributed by atoms with Crippen LogP contribution < -0.4 is 11.1 Å². The Kier molecular flexibility index (Phi) is 6.44. The summed E-state index contributed by atoms with van der Waals surface area (Å²) in [6.45, 7) is 4.51. The second kappa shape index (κ2) is 7.84. The summed E-state index contributed by atoms with van der Waals surface area (Å²) < 4.78 is 9.99. The molecular weight excluding hydrogens is 264 g/mol. The lowest BCUT2D eigenvalue weighted by atomic mass is 10.00. The van der Waals surface area contributed by atoms with Gasteiger partial charge in [-0.3, -0.25) is 14.4 Å². The van der Waals surface area contributed by atoms with Gasteiger partial charge in [0.15, 0.2) is 0 Å². The summed E-state index contributed by atoms with van der Waals surface area (Å²) in [5.74, 6) is -2.09. The first kappa shape index (κ1) is 16.4. The molecule has 2 amide bonds. The summed E-state index contributed by atoms with van der Waals surface area (Å²) in [6.07, 6.45) is 0.762. The Bertz CT molecular complexity index is 366. The number of amides is 2. The highest BCUT2D eigenvalue weighted by Crippen LogP contribution is 2.14. The summed E-state index contributed by atoms with van der Waals surface area (Å²) >= 11 is 0. The van der Waals surface area contributed by atoms with Crippen molar-refractivity contribution in [1.29, 1.82) is 0 Å². The van der Waals surface area contributed by atoms with E-state index in [1.54, 1.807) is 13.8 Å². The van der Waals surface area contributed by atoms with Crippen LogP contribution in [0.15, 0.2) is 0 Å². The Morgan fingerprint density at radius 3 is 2.65 bits per heavy atom. The van der Waals surface area contributed by atoms with E-state index in [9.17, 15) is 14.4 Å². The third-order valence-corrected chi connectivity index (χ3v) is 3.24. The average Bonchev–Trinajstić information content (AvgIpc) is 2.91.